The third kappa shape index (κ3) is 6.89. The van der Waals surface area contributed by atoms with E-state index in [0.29, 0.717) is 24.4 Å². The Labute approximate surface area is 181 Å². The zero-order valence-electron chi connectivity index (χ0n) is 16.9. The van der Waals surface area contributed by atoms with Crippen LogP contribution in [0.1, 0.15) is 45.2 Å². The first-order chi connectivity index (χ1) is 13.8. The third-order valence-electron chi connectivity index (χ3n) is 5.21. The van der Waals surface area contributed by atoms with Gasteiger partial charge in [0, 0.05) is 22.8 Å². The average Bonchev–Trinajstić information content (AvgIpc) is 3.34. The van der Waals surface area contributed by atoms with Gasteiger partial charge in [-0.2, -0.15) is 0 Å². The van der Waals surface area contributed by atoms with Crippen LogP contribution in [-0.4, -0.2) is 51.7 Å². The van der Waals surface area contributed by atoms with Crippen LogP contribution in [0.5, 0.6) is 0 Å². The van der Waals surface area contributed by atoms with Crippen LogP contribution in [0.25, 0.3) is 0 Å². The number of likely N-dealkylation sites (tertiary alicyclic amines) is 1. The van der Waals surface area contributed by atoms with Crippen LogP contribution in [0, 0.1) is 5.92 Å². The SMILES string of the molecule is CC1CCN([C@@H](CNC(=O)c2ccc(CCNS(C)(=O)=O)s2)c2cccs2)CC1. The van der Waals surface area contributed by atoms with Crippen molar-refractivity contribution in [2.75, 3.05) is 32.4 Å². The molecule has 1 amide bonds. The van der Waals surface area contributed by atoms with E-state index >= 15 is 0 Å². The predicted molar refractivity (Wildman–Crippen MR) is 120 cm³/mol. The highest BCUT2D eigenvalue weighted by molar-refractivity contribution is 7.88. The Morgan fingerprint density at radius 3 is 2.69 bits per heavy atom. The number of nitrogens with zero attached hydrogens (tertiary/aromatic N) is 1. The van der Waals surface area contributed by atoms with Gasteiger partial charge in [-0.05, 0) is 61.8 Å². The van der Waals surface area contributed by atoms with Gasteiger partial charge >= 0.3 is 0 Å². The first-order valence-electron chi connectivity index (χ1n) is 9.91. The molecule has 0 radical (unpaired) electrons. The molecule has 9 heteroatoms. The van der Waals surface area contributed by atoms with Gasteiger partial charge in [0.15, 0.2) is 0 Å². The molecule has 2 aromatic rings. The highest BCUT2D eigenvalue weighted by Gasteiger charge is 2.26. The molecule has 2 aromatic heterocycles. The number of amides is 1. The molecule has 29 heavy (non-hydrogen) atoms. The predicted octanol–water partition coefficient (Wildman–Crippen LogP) is 3.10. The first kappa shape index (κ1) is 22.4. The van der Waals surface area contributed by atoms with Crippen molar-refractivity contribution < 1.29 is 13.2 Å². The lowest BCUT2D eigenvalue weighted by molar-refractivity contribution is 0.0919. The van der Waals surface area contributed by atoms with Gasteiger partial charge in [-0.25, -0.2) is 13.1 Å². The van der Waals surface area contributed by atoms with Gasteiger partial charge < -0.3 is 5.32 Å². The Kier molecular flexibility index (Phi) is 7.86. The molecule has 3 heterocycles. The Bertz CT molecular complexity index is 885. The normalized spacial score (nSPS) is 17.3. The van der Waals surface area contributed by atoms with Crippen LogP contribution >= 0.6 is 22.7 Å². The van der Waals surface area contributed by atoms with Crippen molar-refractivity contribution in [3.8, 4) is 0 Å². The van der Waals surface area contributed by atoms with Crippen molar-refractivity contribution in [1.29, 1.82) is 0 Å². The summed E-state index contributed by atoms with van der Waals surface area (Å²) in [7, 11) is -3.19. The van der Waals surface area contributed by atoms with Crippen LogP contribution in [0.2, 0.25) is 0 Å². The van der Waals surface area contributed by atoms with Gasteiger partial charge in [-0.3, -0.25) is 9.69 Å². The minimum Gasteiger partial charge on any atom is -0.349 e. The second-order valence-electron chi connectivity index (χ2n) is 7.64. The van der Waals surface area contributed by atoms with Crippen LogP contribution in [0.15, 0.2) is 29.6 Å². The maximum absolute atomic E-state index is 12.7. The Hall–Kier alpha value is -1.26. The van der Waals surface area contributed by atoms with Crippen LogP contribution in [-0.2, 0) is 16.4 Å². The number of hydrogen-bond donors (Lipinski definition) is 2. The molecule has 3 rings (SSSR count). The van der Waals surface area contributed by atoms with E-state index in [0.717, 1.165) is 30.1 Å². The molecular formula is C20H29N3O3S3. The third-order valence-corrected chi connectivity index (χ3v) is 8.05. The van der Waals surface area contributed by atoms with Crippen LogP contribution in [0.4, 0.5) is 0 Å². The smallest absolute Gasteiger partial charge is 0.261 e. The van der Waals surface area contributed by atoms with Gasteiger partial charge in [0.05, 0.1) is 17.2 Å². The zero-order chi connectivity index (χ0) is 20.9. The van der Waals surface area contributed by atoms with Crippen LogP contribution < -0.4 is 10.0 Å². The van der Waals surface area contributed by atoms with Crippen molar-refractivity contribution in [1.82, 2.24) is 14.9 Å². The maximum atomic E-state index is 12.7. The number of carbonyl (C=O) groups is 1. The lowest BCUT2D eigenvalue weighted by atomic mass is 9.97. The first-order valence-corrected chi connectivity index (χ1v) is 13.5. The minimum atomic E-state index is -3.19. The zero-order valence-corrected chi connectivity index (χ0v) is 19.3. The molecule has 1 aliphatic heterocycles. The molecule has 0 aliphatic carbocycles. The van der Waals surface area contributed by atoms with Crippen molar-refractivity contribution >= 4 is 38.6 Å². The molecule has 1 fully saturated rings. The molecule has 1 atom stereocenters. The van der Waals surface area contributed by atoms with E-state index < -0.39 is 10.0 Å². The lowest BCUT2D eigenvalue weighted by Crippen LogP contribution is -2.41. The highest BCUT2D eigenvalue weighted by Crippen LogP contribution is 2.29. The summed E-state index contributed by atoms with van der Waals surface area (Å²) in [5, 5.41) is 5.20. The summed E-state index contributed by atoms with van der Waals surface area (Å²) in [6, 6.07) is 8.14. The fourth-order valence-electron chi connectivity index (χ4n) is 3.50. The number of nitrogens with one attached hydrogen (secondary N) is 2. The molecule has 0 bridgehead atoms. The fourth-order valence-corrected chi connectivity index (χ4v) is 5.76. The summed E-state index contributed by atoms with van der Waals surface area (Å²) in [4.78, 5) is 18.1. The second-order valence-corrected chi connectivity index (χ2v) is 11.6. The number of sulfonamides is 1. The van der Waals surface area contributed by atoms with E-state index in [-0.39, 0.29) is 11.9 Å². The molecule has 2 N–H and O–H groups in total. The molecule has 1 saturated heterocycles. The van der Waals surface area contributed by atoms with Gasteiger partial charge in [0.25, 0.3) is 5.91 Å². The molecule has 0 aromatic carbocycles. The standard InChI is InChI=1S/C20H29N3O3S3/c1-15-8-11-23(12-9-15)17(18-4-3-13-27-18)14-21-20(24)19-6-5-16(28-19)7-10-22-29(2,25)26/h3-6,13,15,17,22H,7-12,14H2,1-2H3,(H,21,24)/t17-/m0/s1. The molecule has 1 aliphatic rings. The number of carbonyl (C=O) groups excluding carboxylic acids is 1. The molecule has 6 nitrogen and oxygen atoms in total. The monoisotopic (exact) mass is 455 g/mol. The Morgan fingerprint density at radius 1 is 1.28 bits per heavy atom. The molecule has 0 unspecified atom stereocenters. The van der Waals surface area contributed by atoms with E-state index in [1.165, 1.54) is 29.1 Å². The number of piperidine rings is 1. The molecule has 160 valence electrons. The lowest BCUT2D eigenvalue weighted by Gasteiger charge is -2.36. The summed E-state index contributed by atoms with van der Waals surface area (Å²) in [6.45, 7) is 5.37. The largest absolute Gasteiger partial charge is 0.349 e. The van der Waals surface area contributed by atoms with E-state index in [4.69, 9.17) is 0 Å². The van der Waals surface area contributed by atoms with Crippen molar-refractivity contribution in [2.24, 2.45) is 5.92 Å². The van der Waals surface area contributed by atoms with Crippen LogP contribution in [0.3, 0.4) is 0 Å². The van der Waals surface area contributed by atoms with E-state index in [2.05, 4.69) is 39.4 Å². The summed E-state index contributed by atoms with van der Waals surface area (Å²) in [5.74, 6) is 0.704. The number of thiophene rings is 2. The maximum Gasteiger partial charge on any atom is 0.261 e. The van der Waals surface area contributed by atoms with E-state index in [9.17, 15) is 13.2 Å². The molecule has 0 saturated carbocycles. The molecule has 0 spiro atoms. The summed E-state index contributed by atoms with van der Waals surface area (Å²) >= 11 is 3.16. The fraction of sp³-hybridized carbons (Fsp3) is 0.550. The van der Waals surface area contributed by atoms with Gasteiger partial charge in [-0.15, -0.1) is 22.7 Å². The summed E-state index contributed by atoms with van der Waals surface area (Å²) in [5.41, 5.74) is 0. The number of hydrogen-bond acceptors (Lipinski definition) is 6. The number of rotatable bonds is 9. The highest BCUT2D eigenvalue weighted by atomic mass is 32.2. The van der Waals surface area contributed by atoms with E-state index in [1.807, 2.05) is 12.1 Å². The minimum absolute atomic E-state index is 0.0655. The second kappa shape index (κ2) is 10.2. The van der Waals surface area contributed by atoms with E-state index in [1.54, 1.807) is 11.3 Å². The Morgan fingerprint density at radius 2 is 2.03 bits per heavy atom. The van der Waals surface area contributed by atoms with Gasteiger partial charge in [0.2, 0.25) is 10.0 Å². The Balaban J connectivity index is 1.56. The topological polar surface area (TPSA) is 78.5 Å². The van der Waals surface area contributed by atoms with Crippen molar-refractivity contribution in [3.63, 3.8) is 0 Å². The summed E-state index contributed by atoms with van der Waals surface area (Å²) in [6.07, 6.45) is 4.12. The van der Waals surface area contributed by atoms with Gasteiger partial charge in [0.1, 0.15) is 0 Å². The quantitative estimate of drug-likeness (QED) is 0.609. The van der Waals surface area contributed by atoms with Gasteiger partial charge in [-0.1, -0.05) is 13.0 Å². The van der Waals surface area contributed by atoms with Crippen molar-refractivity contribution in [3.05, 3.63) is 44.3 Å². The average molecular weight is 456 g/mol. The molecular weight excluding hydrogens is 426 g/mol. The summed E-state index contributed by atoms with van der Waals surface area (Å²) < 4.78 is 24.8. The van der Waals surface area contributed by atoms with Crippen molar-refractivity contribution in [2.45, 2.75) is 32.2 Å².